The van der Waals surface area contributed by atoms with E-state index in [-0.39, 0.29) is 12.3 Å². The second-order valence-corrected chi connectivity index (χ2v) is 3.76. The van der Waals surface area contributed by atoms with Crippen molar-refractivity contribution in [2.24, 2.45) is 0 Å². The zero-order valence-corrected chi connectivity index (χ0v) is 9.70. The van der Waals surface area contributed by atoms with Crippen LogP contribution in [0.4, 0.5) is 0 Å². The molecule has 0 saturated heterocycles. The molecule has 0 aromatic heterocycles. The highest BCUT2D eigenvalue weighted by molar-refractivity contribution is 5.91. The first-order valence-corrected chi connectivity index (χ1v) is 5.20. The third-order valence-corrected chi connectivity index (χ3v) is 2.76. The highest BCUT2D eigenvalue weighted by Crippen LogP contribution is 2.27. The zero-order valence-electron chi connectivity index (χ0n) is 9.70. The Labute approximate surface area is 98.7 Å². The summed E-state index contributed by atoms with van der Waals surface area (Å²) in [6.45, 7) is 0.412. The van der Waals surface area contributed by atoms with E-state index in [4.69, 9.17) is 4.74 Å². The molecule has 0 atom stereocenters. The predicted octanol–water partition coefficient (Wildman–Crippen LogP) is 0.654. The minimum absolute atomic E-state index is 0.0402. The van der Waals surface area contributed by atoms with Crippen LogP contribution >= 0.6 is 0 Å². The van der Waals surface area contributed by atoms with Gasteiger partial charge < -0.3 is 14.8 Å². The van der Waals surface area contributed by atoms with E-state index < -0.39 is 5.97 Å². The van der Waals surface area contributed by atoms with Crippen LogP contribution in [-0.2, 0) is 22.5 Å². The molecule has 0 fully saturated rings. The Kier molecular flexibility index (Phi) is 2.99. The van der Waals surface area contributed by atoms with E-state index in [0.717, 1.165) is 11.1 Å². The molecule has 1 aromatic carbocycles. The van der Waals surface area contributed by atoms with Crippen molar-refractivity contribution in [3.63, 3.8) is 0 Å². The molecule has 1 aromatic rings. The van der Waals surface area contributed by atoms with E-state index in [9.17, 15) is 9.59 Å². The van der Waals surface area contributed by atoms with Gasteiger partial charge in [0.15, 0.2) is 0 Å². The summed E-state index contributed by atoms with van der Waals surface area (Å²) in [4.78, 5) is 22.8. The Morgan fingerprint density at radius 2 is 2.12 bits per heavy atom. The fourth-order valence-electron chi connectivity index (χ4n) is 1.90. The maximum Gasteiger partial charge on any atom is 0.337 e. The number of ether oxygens (including phenoxy) is 2. The number of hydrogen-bond donors (Lipinski definition) is 1. The SMILES string of the molecule is COC(=O)c1cc2c(c(OC)c1)CC(=O)NC2. The lowest BCUT2D eigenvalue weighted by Crippen LogP contribution is -2.30. The van der Waals surface area contributed by atoms with E-state index >= 15 is 0 Å². The third-order valence-electron chi connectivity index (χ3n) is 2.76. The Morgan fingerprint density at radius 1 is 1.35 bits per heavy atom. The lowest BCUT2D eigenvalue weighted by molar-refractivity contribution is -0.121. The van der Waals surface area contributed by atoms with Crippen LogP contribution in [-0.4, -0.2) is 26.1 Å². The average Bonchev–Trinajstić information content (AvgIpc) is 2.36. The molecule has 0 unspecified atom stereocenters. The number of benzene rings is 1. The van der Waals surface area contributed by atoms with Crippen LogP contribution in [0.1, 0.15) is 21.5 Å². The van der Waals surface area contributed by atoms with Gasteiger partial charge in [0.1, 0.15) is 5.75 Å². The van der Waals surface area contributed by atoms with Crippen molar-refractivity contribution in [3.8, 4) is 5.75 Å². The normalized spacial score (nSPS) is 13.6. The number of carbonyl (C=O) groups excluding carboxylic acids is 2. The van der Waals surface area contributed by atoms with Gasteiger partial charge in [-0.1, -0.05) is 0 Å². The molecule has 1 N–H and O–H groups in total. The van der Waals surface area contributed by atoms with Gasteiger partial charge in [-0.05, 0) is 17.7 Å². The van der Waals surface area contributed by atoms with Gasteiger partial charge in [0.05, 0.1) is 26.2 Å². The van der Waals surface area contributed by atoms with E-state index in [2.05, 4.69) is 10.1 Å². The van der Waals surface area contributed by atoms with Crippen molar-refractivity contribution in [2.45, 2.75) is 13.0 Å². The third kappa shape index (κ3) is 2.08. The minimum Gasteiger partial charge on any atom is -0.496 e. The van der Waals surface area contributed by atoms with Crippen molar-refractivity contribution in [1.29, 1.82) is 0 Å². The van der Waals surface area contributed by atoms with Crippen LogP contribution in [0.3, 0.4) is 0 Å². The molecule has 90 valence electrons. The summed E-state index contributed by atoms with van der Waals surface area (Å²) < 4.78 is 9.87. The maximum atomic E-state index is 11.5. The van der Waals surface area contributed by atoms with E-state index in [1.807, 2.05) is 0 Å². The number of carbonyl (C=O) groups is 2. The molecule has 2 rings (SSSR count). The largest absolute Gasteiger partial charge is 0.496 e. The van der Waals surface area contributed by atoms with Crippen molar-refractivity contribution in [1.82, 2.24) is 5.32 Å². The monoisotopic (exact) mass is 235 g/mol. The van der Waals surface area contributed by atoms with E-state index in [1.54, 1.807) is 12.1 Å². The van der Waals surface area contributed by atoms with Crippen LogP contribution < -0.4 is 10.1 Å². The highest BCUT2D eigenvalue weighted by atomic mass is 16.5. The van der Waals surface area contributed by atoms with Gasteiger partial charge >= 0.3 is 5.97 Å². The standard InChI is InChI=1S/C12H13NO4/c1-16-10-4-7(12(15)17-2)3-8-6-13-11(14)5-9(8)10/h3-4H,5-6H2,1-2H3,(H,13,14). The summed E-state index contributed by atoms with van der Waals surface area (Å²) in [5, 5.41) is 2.73. The second kappa shape index (κ2) is 4.45. The first-order valence-electron chi connectivity index (χ1n) is 5.20. The molecular formula is C12H13NO4. The molecule has 17 heavy (non-hydrogen) atoms. The van der Waals surface area contributed by atoms with Crippen LogP contribution in [0.25, 0.3) is 0 Å². The molecular weight excluding hydrogens is 222 g/mol. The van der Waals surface area contributed by atoms with Gasteiger partial charge in [-0.3, -0.25) is 4.79 Å². The van der Waals surface area contributed by atoms with Crippen molar-refractivity contribution >= 4 is 11.9 Å². The van der Waals surface area contributed by atoms with Gasteiger partial charge in [-0.15, -0.1) is 0 Å². The number of esters is 1. The van der Waals surface area contributed by atoms with Gasteiger partial charge in [0.25, 0.3) is 0 Å². The second-order valence-electron chi connectivity index (χ2n) is 3.76. The predicted molar refractivity (Wildman–Crippen MR) is 59.9 cm³/mol. The van der Waals surface area contributed by atoms with Gasteiger partial charge in [-0.2, -0.15) is 0 Å². The molecule has 1 amide bonds. The van der Waals surface area contributed by atoms with Gasteiger partial charge in [0, 0.05) is 12.1 Å². The molecule has 1 heterocycles. The molecule has 5 heteroatoms. The van der Waals surface area contributed by atoms with Crippen molar-refractivity contribution < 1.29 is 19.1 Å². The summed E-state index contributed by atoms with van der Waals surface area (Å²) in [5.41, 5.74) is 2.16. The fourth-order valence-corrected chi connectivity index (χ4v) is 1.90. The molecule has 0 radical (unpaired) electrons. The average molecular weight is 235 g/mol. The Balaban J connectivity index is 2.49. The van der Waals surface area contributed by atoms with Crippen LogP contribution in [0.5, 0.6) is 5.75 Å². The number of fused-ring (bicyclic) bond motifs is 1. The maximum absolute atomic E-state index is 11.5. The van der Waals surface area contributed by atoms with Crippen molar-refractivity contribution in [3.05, 3.63) is 28.8 Å². The molecule has 1 aliphatic rings. The lowest BCUT2D eigenvalue weighted by atomic mass is 9.97. The van der Waals surface area contributed by atoms with Crippen LogP contribution in [0, 0.1) is 0 Å². The molecule has 0 saturated carbocycles. The minimum atomic E-state index is -0.414. The number of amides is 1. The number of nitrogens with one attached hydrogen (secondary N) is 1. The highest BCUT2D eigenvalue weighted by Gasteiger charge is 2.21. The number of rotatable bonds is 2. The smallest absolute Gasteiger partial charge is 0.337 e. The molecule has 0 bridgehead atoms. The van der Waals surface area contributed by atoms with Gasteiger partial charge in [0.2, 0.25) is 5.91 Å². The lowest BCUT2D eigenvalue weighted by Gasteiger charge is -2.20. The first kappa shape index (κ1) is 11.4. The first-order chi connectivity index (χ1) is 8.15. The van der Waals surface area contributed by atoms with Crippen molar-refractivity contribution in [2.75, 3.05) is 14.2 Å². The van der Waals surface area contributed by atoms with E-state index in [1.165, 1.54) is 14.2 Å². The molecule has 0 spiro atoms. The number of methoxy groups -OCH3 is 2. The quantitative estimate of drug-likeness (QED) is 0.764. The zero-order chi connectivity index (χ0) is 12.4. The Morgan fingerprint density at radius 3 is 2.76 bits per heavy atom. The molecule has 1 aliphatic heterocycles. The Bertz CT molecular complexity index is 464. The van der Waals surface area contributed by atoms with E-state index in [0.29, 0.717) is 17.9 Å². The van der Waals surface area contributed by atoms with Gasteiger partial charge in [-0.25, -0.2) is 4.79 Å². The molecule has 0 aliphatic carbocycles. The Hall–Kier alpha value is -2.04. The fraction of sp³-hybridized carbons (Fsp3) is 0.333. The summed E-state index contributed by atoms with van der Waals surface area (Å²) >= 11 is 0. The number of hydrogen-bond acceptors (Lipinski definition) is 4. The topological polar surface area (TPSA) is 64.6 Å². The van der Waals surface area contributed by atoms with Crippen LogP contribution in [0.2, 0.25) is 0 Å². The summed E-state index contributed by atoms with van der Waals surface area (Å²) in [7, 11) is 2.85. The summed E-state index contributed by atoms with van der Waals surface area (Å²) in [6.07, 6.45) is 0.278. The summed E-state index contributed by atoms with van der Waals surface area (Å²) in [5.74, 6) is 0.0994. The van der Waals surface area contributed by atoms with Crippen LogP contribution in [0.15, 0.2) is 12.1 Å². The molecule has 5 nitrogen and oxygen atoms in total. The summed E-state index contributed by atoms with van der Waals surface area (Å²) in [6, 6.07) is 3.33.